The molecule has 0 radical (unpaired) electrons. The molecule has 4 heteroatoms. The summed E-state index contributed by atoms with van der Waals surface area (Å²) in [5, 5.41) is 0. The summed E-state index contributed by atoms with van der Waals surface area (Å²) in [6, 6.07) is 4.34. The van der Waals surface area contributed by atoms with Gasteiger partial charge in [0.2, 0.25) is 0 Å². The molecule has 0 aliphatic rings. The van der Waals surface area contributed by atoms with E-state index in [9.17, 15) is 0 Å². The molecule has 0 amide bonds. The molecule has 0 aromatic carbocycles. The zero-order valence-electron chi connectivity index (χ0n) is 8.12. The summed E-state index contributed by atoms with van der Waals surface area (Å²) in [5.41, 5.74) is 5.90. The van der Waals surface area contributed by atoms with Gasteiger partial charge in [0.05, 0.1) is 10.4 Å². The van der Waals surface area contributed by atoms with Crippen molar-refractivity contribution in [3.63, 3.8) is 0 Å². The summed E-state index contributed by atoms with van der Waals surface area (Å²) in [7, 11) is 4.06. The lowest BCUT2D eigenvalue weighted by Crippen LogP contribution is -2.34. The first-order valence-corrected chi connectivity index (χ1v) is 5.39. The van der Waals surface area contributed by atoms with Gasteiger partial charge in [0.25, 0.3) is 0 Å². The molecule has 74 valence electrons. The van der Waals surface area contributed by atoms with Gasteiger partial charge in [-0.25, -0.2) is 0 Å². The summed E-state index contributed by atoms with van der Waals surface area (Å²) in [4.78, 5) is 3.34. The number of rotatable bonds is 3. The number of nitrogens with zero attached hydrogens (tertiary/aromatic N) is 1. The lowest BCUT2D eigenvalue weighted by atomic mass is 10.1. The van der Waals surface area contributed by atoms with E-state index in [1.807, 2.05) is 33.2 Å². The first-order valence-electron chi connectivity index (χ1n) is 4.19. The van der Waals surface area contributed by atoms with Gasteiger partial charge < -0.3 is 10.6 Å². The fourth-order valence-corrected chi connectivity index (χ4v) is 2.84. The van der Waals surface area contributed by atoms with Gasteiger partial charge in [0.15, 0.2) is 0 Å². The van der Waals surface area contributed by atoms with E-state index in [-0.39, 0.29) is 12.1 Å². The highest BCUT2D eigenvalue weighted by Crippen LogP contribution is 2.30. The molecule has 0 saturated carbocycles. The van der Waals surface area contributed by atoms with Crippen LogP contribution in [-0.4, -0.2) is 25.0 Å². The zero-order valence-corrected chi connectivity index (χ0v) is 9.69. The van der Waals surface area contributed by atoms with Gasteiger partial charge in [0.1, 0.15) is 0 Å². The average Bonchev–Trinajstić information content (AvgIpc) is 2.34. The second-order valence-electron chi connectivity index (χ2n) is 3.41. The van der Waals surface area contributed by atoms with Crippen LogP contribution in [-0.2, 0) is 0 Å². The van der Waals surface area contributed by atoms with Crippen molar-refractivity contribution in [2.45, 2.75) is 19.0 Å². The van der Waals surface area contributed by atoms with Gasteiger partial charge in [-0.1, -0.05) is 11.6 Å². The Balaban J connectivity index is 2.88. The SMILES string of the molecule is CC(N)C(c1ccc(Cl)s1)N(C)C. The predicted octanol–water partition coefficient (Wildman–Crippen LogP) is 2.35. The molecule has 13 heavy (non-hydrogen) atoms. The maximum atomic E-state index is 5.90. The van der Waals surface area contributed by atoms with Gasteiger partial charge in [-0.3, -0.25) is 0 Å². The van der Waals surface area contributed by atoms with Crippen LogP contribution in [0.4, 0.5) is 0 Å². The number of likely N-dealkylation sites (N-methyl/N-ethyl adjacent to an activating group) is 1. The Labute approximate surface area is 88.3 Å². The van der Waals surface area contributed by atoms with E-state index in [2.05, 4.69) is 4.90 Å². The molecule has 1 aromatic heterocycles. The van der Waals surface area contributed by atoms with E-state index in [4.69, 9.17) is 17.3 Å². The zero-order chi connectivity index (χ0) is 10.0. The molecule has 2 N–H and O–H groups in total. The van der Waals surface area contributed by atoms with Crippen LogP contribution < -0.4 is 5.73 Å². The molecule has 0 spiro atoms. The van der Waals surface area contributed by atoms with Crippen LogP contribution in [0.25, 0.3) is 0 Å². The maximum Gasteiger partial charge on any atom is 0.0931 e. The number of hydrogen-bond acceptors (Lipinski definition) is 3. The van der Waals surface area contributed by atoms with Crippen LogP contribution >= 0.6 is 22.9 Å². The van der Waals surface area contributed by atoms with Crippen molar-refractivity contribution < 1.29 is 0 Å². The minimum absolute atomic E-state index is 0.115. The van der Waals surface area contributed by atoms with Crippen LogP contribution in [0.2, 0.25) is 4.34 Å². The standard InChI is InChI=1S/C9H15ClN2S/c1-6(11)9(12(2)3)7-4-5-8(10)13-7/h4-6,9H,11H2,1-3H3. The number of hydrogen-bond donors (Lipinski definition) is 1. The van der Waals surface area contributed by atoms with Crippen molar-refractivity contribution in [1.29, 1.82) is 0 Å². The third kappa shape index (κ3) is 2.68. The Morgan fingerprint density at radius 3 is 2.38 bits per heavy atom. The molecule has 0 bridgehead atoms. The number of halogens is 1. The topological polar surface area (TPSA) is 29.3 Å². The molecule has 0 saturated heterocycles. The molecule has 2 nitrogen and oxygen atoms in total. The summed E-state index contributed by atoms with van der Waals surface area (Å²) >= 11 is 7.47. The Morgan fingerprint density at radius 2 is 2.08 bits per heavy atom. The summed E-state index contributed by atoms with van der Waals surface area (Å²) in [5.74, 6) is 0. The van der Waals surface area contributed by atoms with Crippen LogP contribution in [0, 0.1) is 0 Å². The van der Waals surface area contributed by atoms with E-state index >= 15 is 0 Å². The highest BCUT2D eigenvalue weighted by atomic mass is 35.5. The first kappa shape index (κ1) is 11.0. The van der Waals surface area contributed by atoms with Gasteiger partial charge >= 0.3 is 0 Å². The van der Waals surface area contributed by atoms with Gasteiger partial charge in [-0.05, 0) is 33.2 Å². The third-order valence-corrected chi connectivity index (χ3v) is 3.24. The molecule has 0 aliphatic carbocycles. The Bertz CT molecular complexity index is 262. The van der Waals surface area contributed by atoms with Crippen molar-refractivity contribution >= 4 is 22.9 Å². The molecule has 1 aromatic rings. The number of nitrogens with two attached hydrogens (primary N) is 1. The molecular formula is C9H15ClN2S. The quantitative estimate of drug-likeness (QED) is 0.844. The largest absolute Gasteiger partial charge is 0.326 e. The van der Waals surface area contributed by atoms with Crippen LogP contribution in [0.5, 0.6) is 0 Å². The van der Waals surface area contributed by atoms with Crippen molar-refractivity contribution in [2.75, 3.05) is 14.1 Å². The second-order valence-corrected chi connectivity index (χ2v) is 5.16. The highest BCUT2D eigenvalue weighted by Gasteiger charge is 2.19. The smallest absolute Gasteiger partial charge is 0.0931 e. The summed E-state index contributed by atoms with van der Waals surface area (Å²) < 4.78 is 0.822. The Kier molecular flexibility index (Phi) is 3.74. The summed E-state index contributed by atoms with van der Waals surface area (Å²) in [6.07, 6.45) is 0. The molecule has 0 aliphatic heterocycles. The van der Waals surface area contributed by atoms with Crippen LogP contribution in [0.3, 0.4) is 0 Å². The third-order valence-electron chi connectivity index (χ3n) is 1.94. The molecular weight excluding hydrogens is 204 g/mol. The van der Waals surface area contributed by atoms with Gasteiger partial charge in [-0.15, -0.1) is 11.3 Å². The van der Waals surface area contributed by atoms with E-state index in [0.29, 0.717) is 0 Å². The van der Waals surface area contributed by atoms with Gasteiger partial charge in [-0.2, -0.15) is 0 Å². The van der Waals surface area contributed by atoms with E-state index < -0.39 is 0 Å². The monoisotopic (exact) mass is 218 g/mol. The number of thiophene rings is 1. The molecule has 1 rings (SSSR count). The molecule has 2 atom stereocenters. The van der Waals surface area contributed by atoms with Crippen molar-refractivity contribution in [2.24, 2.45) is 5.73 Å². The van der Waals surface area contributed by atoms with Crippen molar-refractivity contribution in [1.82, 2.24) is 4.90 Å². The normalized spacial score (nSPS) is 16.2. The molecule has 2 unspecified atom stereocenters. The van der Waals surface area contributed by atoms with Crippen LogP contribution in [0.1, 0.15) is 17.8 Å². The first-order chi connectivity index (χ1) is 6.02. The van der Waals surface area contributed by atoms with Crippen molar-refractivity contribution in [3.05, 3.63) is 21.3 Å². The minimum atomic E-state index is 0.115. The lowest BCUT2D eigenvalue weighted by Gasteiger charge is -2.26. The predicted molar refractivity (Wildman–Crippen MR) is 59.4 cm³/mol. The fourth-order valence-electron chi connectivity index (χ4n) is 1.47. The van der Waals surface area contributed by atoms with E-state index in [0.717, 1.165) is 4.34 Å². The molecule has 0 fully saturated rings. The fraction of sp³-hybridized carbons (Fsp3) is 0.556. The van der Waals surface area contributed by atoms with Crippen LogP contribution in [0.15, 0.2) is 12.1 Å². The average molecular weight is 219 g/mol. The van der Waals surface area contributed by atoms with E-state index in [1.165, 1.54) is 4.88 Å². The second kappa shape index (κ2) is 4.42. The van der Waals surface area contributed by atoms with E-state index in [1.54, 1.807) is 11.3 Å². The lowest BCUT2D eigenvalue weighted by molar-refractivity contribution is 0.270. The Hall–Kier alpha value is -0.0900. The summed E-state index contributed by atoms with van der Waals surface area (Å²) in [6.45, 7) is 2.01. The minimum Gasteiger partial charge on any atom is -0.326 e. The highest BCUT2D eigenvalue weighted by molar-refractivity contribution is 7.16. The Morgan fingerprint density at radius 1 is 1.46 bits per heavy atom. The molecule has 1 heterocycles. The van der Waals surface area contributed by atoms with Crippen molar-refractivity contribution in [3.8, 4) is 0 Å². The van der Waals surface area contributed by atoms with Gasteiger partial charge in [0, 0.05) is 10.9 Å². The maximum absolute atomic E-state index is 5.90.